The molecule has 43 heavy (non-hydrogen) atoms. The van der Waals surface area contributed by atoms with E-state index in [-0.39, 0.29) is 66.2 Å². The quantitative estimate of drug-likeness (QED) is 0.363. The first-order valence-corrected chi connectivity index (χ1v) is 17.1. The lowest BCUT2D eigenvalue weighted by molar-refractivity contribution is -0.335. The Bertz CT molecular complexity index is 966. The standard InChI is InChI=1S/C34H60O9/c1-10-32(30-20(3)16-26(39-30)28-19(2)15-21(4)34(37,18-35)42-28)12-11-27(40-32)31(8)13-14-33(43-31)17-25(36)23(6)29(41-33)22(5)24(7)38-9/h19-30,35-37H,10-18H2,1-9H3/t19-,20-,21+,22-,23+,24-,25-,26+,27+,28-,29+,30+,31-,32-,33+,34-/m0/s1. The van der Waals surface area contributed by atoms with Crippen molar-refractivity contribution in [2.45, 2.75) is 172 Å². The van der Waals surface area contributed by atoms with Crippen LogP contribution in [0.25, 0.3) is 0 Å². The average Bonchev–Trinajstić information content (AvgIpc) is 3.68. The van der Waals surface area contributed by atoms with Crippen molar-refractivity contribution in [1.29, 1.82) is 0 Å². The van der Waals surface area contributed by atoms with Crippen molar-refractivity contribution in [1.82, 2.24) is 0 Å². The van der Waals surface area contributed by atoms with Gasteiger partial charge in [-0.2, -0.15) is 0 Å². The van der Waals surface area contributed by atoms with Crippen molar-refractivity contribution >= 4 is 0 Å². The third-order valence-electron chi connectivity index (χ3n) is 12.5. The lowest BCUT2D eigenvalue weighted by atomic mass is 9.80. The van der Waals surface area contributed by atoms with Gasteiger partial charge >= 0.3 is 0 Å². The minimum Gasteiger partial charge on any atom is -0.393 e. The van der Waals surface area contributed by atoms with E-state index in [0.29, 0.717) is 6.42 Å². The van der Waals surface area contributed by atoms with E-state index >= 15 is 0 Å². The summed E-state index contributed by atoms with van der Waals surface area (Å²) >= 11 is 0. The second-order valence-electron chi connectivity index (χ2n) is 15.4. The molecule has 3 N–H and O–H groups in total. The van der Waals surface area contributed by atoms with E-state index in [1.165, 1.54) is 0 Å². The molecule has 16 atom stereocenters. The largest absolute Gasteiger partial charge is 0.393 e. The monoisotopic (exact) mass is 612 g/mol. The SMILES string of the molecule is CC[C@@]1([C@@H]2O[C@@H]([C@H]3O[C@@](O)(CO)[C@H](C)C[C@@H]3C)C[C@@H]2C)CC[C@H]([C@]2(C)CC[C@]3(C[C@H](O)[C@@H](C)[C@@H]([C@@H](C)[C@H](C)OC)O3)O2)O1. The van der Waals surface area contributed by atoms with E-state index < -0.39 is 35.5 Å². The molecule has 5 saturated heterocycles. The van der Waals surface area contributed by atoms with Crippen LogP contribution in [0.5, 0.6) is 0 Å². The number of ether oxygens (including phenoxy) is 6. The van der Waals surface area contributed by atoms with Crippen molar-refractivity contribution in [3.8, 4) is 0 Å². The van der Waals surface area contributed by atoms with Gasteiger partial charge in [-0.15, -0.1) is 0 Å². The van der Waals surface area contributed by atoms with Gasteiger partial charge in [0.1, 0.15) is 0 Å². The maximum atomic E-state index is 11.1. The summed E-state index contributed by atoms with van der Waals surface area (Å²) in [5.41, 5.74) is -0.973. The van der Waals surface area contributed by atoms with E-state index in [0.717, 1.165) is 44.9 Å². The van der Waals surface area contributed by atoms with E-state index in [2.05, 4.69) is 48.5 Å². The zero-order chi connectivity index (χ0) is 31.5. The Morgan fingerprint density at radius 3 is 2.35 bits per heavy atom. The second-order valence-corrected chi connectivity index (χ2v) is 15.4. The Hall–Kier alpha value is -0.360. The highest BCUT2D eigenvalue weighted by Crippen LogP contribution is 2.54. The number of aliphatic hydroxyl groups is 3. The van der Waals surface area contributed by atoms with Crippen molar-refractivity contribution < 1.29 is 43.7 Å². The van der Waals surface area contributed by atoms with Gasteiger partial charge in [0, 0.05) is 37.7 Å². The molecule has 9 nitrogen and oxygen atoms in total. The van der Waals surface area contributed by atoms with Crippen LogP contribution in [0.3, 0.4) is 0 Å². The lowest BCUT2D eigenvalue weighted by Crippen LogP contribution is -2.56. The normalized spacial score (nSPS) is 53.9. The van der Waals surface area contributed by atoms with Crippen LogP contribution >= 0.6 is 0 Å². The third-order valence-corrected chi connectivity index (χ3v) is 12.5. The number of hydrogen-bond donors (Lipinski definition) is 3. The zero-order valence-electron chi connectivity index (χ0n) is 28.1. The highest BCUT2D eigenvalue weighted by molar-refractivity contribution is 5.08. The lowest BCUT2D eigenvalue weighted by Gasteiger charge is -2.48. The third kappa shape index (κ3) is 5.98. The van der Waals surface area contributed by atoms with E-state index in [9.17, 15) is 15.3 Å². The van der Waals surface area contributed by atoms with Gasteiger partial charge in [0.05, 0.1) is 60.5 Å². The van der Waals surface area contributed by atoms with Crippen molar-refractivity contribution in [3.63, 3.8) is 0 Å². The fourth-order valence-electron chi connectivity index (χ4n) is 9.19. The Balaban J connectivity index is 1.28. The summed E-state index contributed by atoms with van der Waals surface area (Å²) in [4.78, 5) is 0. The Labute approximate surface area is 259 Å². The number of rotatable bonds is 8. The topological polar surface area (TPSA) is 116 Å². The molecule has 0 aromatic rings. The molecule has 5 heterocycles. The molecule has 0 aromatic heterocycles. The van der Waals surface area contributed by atoms with Crippen LogP contribution in [0.1, 0.15) is 107 Å². The molecule has 5 aliphatic rings. The van der Waals surface area contributed by atoms with Crippen LogP contribution in [0.15, 0.2) is 0 Å². The first kappa shape index (κ1) is 34.0. The van der Waals surface area contributed by atoms with Crippen LogP contribution in [0, 0.1) is 29.6 Å². The molecular formula is C34H60O9. The van der Waals surface area contributed by atoms with Crippen molar-refractivity contribution in [2.75, 3.05) is 13.7 Å². The zero-order valence-corrected chi connectivity index (χ0v) is 28.1. The molecular weight excluding hydrogens is 552 g/mol. The maximum Gasteiger partial charge on any atom is 0.192 e. The van der Waals surface area contributed by atoms with E-state index in [4.69, 9.17) is 28.4 Å². The fraction of sp³-hybridized carbons (Fsp3) is 1.00. The van der Waals surface area contributed by atoms with Gasteiger partial charge in [-0.25, -0.2) is 0 Å². The number of methoxy groups -OCH3 is 1. The van der Waals surface area contributed by atoms with Gasteiger partial charge in [-0.05, 0) is 64.2 Å². The summed E-state index contributed by atoms with van der Waals surface area (Å²) in [5.74, 6) is -1.94. The molecule has 0 unspecified atom stereocenters. The molecule has 5 fully saturated rings. The average molecular weight is 613 g/mol. The van der Waals surface area contributed by atoms with Gasteiger partial charge < -0.3 is 43.7 Å². The fourth-order valence-corrected chi connectivity index (χ4v) is 9.19. The predicted molar refractivity (Wildman–Crippen MR) is 161 cm³/mol. The summed E-state index contributed by atoms with van der Waals surface area (Å²) in [6.07, 6.45) is 4.83. The molecule has 5 aliphatic heterocycles. The van der Waals surface area contributed by atoms with Crippen molar-refractivity contribution in [2.24, 2.45) is 29.6 Å². The van der Waals surface area contributed by atoms with Crippen LogP contribution in [-0.2, 0) is 28.4 Å². The minimum absolute atomic E-state index is 0.00554. The molecule has 0 bridgehead atoms. The minimum atomic E-state index is -1.53. The summed E-state index contributed by atoms with van der Waals surface area (Å²) in [7, 11) is 1.72. The second kappa shape index (κ2) is 12.3. The van der Waals surface area contributed by atoms with E-state index in [1.807, 2.05) is 6.92 Å². The van der Waals surface area contributed by atoms with Gasteiger partial charge in [0.2, 0.25) is 0 Å². The van der Waals surface area contributed by atoms with Gasteiger partial charge in [0.25, 0.3) is 0 Å². The summed E-state index contributed by atoms with van der Waals surface area (Å²) in [6.45, 7) is 16.5. The molecule has 0 saturated carbocycles. The number of aliphatic hydroxyl groups excluding tert-OH is 2. The Morgan fingerprint density at radius 2 is 1.70 bits per heavy atom. The van der Waals surface area contributed by atoms with E-state index in [1.54, 1.807) is 7.11 Å². The van der Waals surface area contributed by atoms with Gasteiger partial charge in [-0.3, -0.25) is 0 Å². The predicted octanol–water partition coefficient (Wildman–Crippen LogP) is 4.57. The van der Waals surface area contributed by atoms with Crippen LogP contribution in [0.4, 0.5) is 0 Å². The van der Waals surface area contributed by atoms with Crippen LogP contribution in [-0.4, -0.2) is 94.5 Å². The van der Waals surface area contributed by atoms with Gasteiger partial charge in [0.15, 0.2) is 11.6 Å². The summed E-state index contributed by atoms with van der Waals surface area (Å²) < 4.78 is 39.4. The Kier molecular flexibility index (Phi) is 9.76. The van der Waals surface area contributed by atoms with Crippen LogP contribution < -0.4 is 0 Å². The molecule has 250 valence electrons. The molecule has 1 spiro atoms. The van der Waals surface area contributed by atoms with Crippen molar-refractivity contribution in [3.05, 3.63) is 0 Å². The smallest absolute Gasteiger partial charge is 0.192 e. The molecule has 0 aliphatic carbocycles. The molecule has 0 radical (unpaired) electrons. The van der Waals surface area contributed by atoms with Crippen LogP contribution in [0.2, 0.25) is 0 Å². The molecule has 0 amide bonds. The summed E-state index contributed by atoms with van der Waals surface area (Å²) in [6, 6.07) is 0. The highest BCUT2D eigenvalue weighted by Gasteiger charge is 2.62. The first-order chi connectivity index (χ1) is 20.2. The molecule has 9 heteroatoms. The molecule has 0 aromatic carbocycles. The summed E-state index contributed by atoms with van der Waals surface area (Å²) in [5, 5.41) is 32.0. The highest BCUT2D eigenvalue weighted by atomic mass is 16.7. The Morgan fingerprint density at radius 1 is 0.977 bits per heavy atom. The van der Waals surface area contributed by atoms with Gasteiger partial charge in [-0.1, -0.05) is 41.5 Å². The molecule has 5 rings (SSSR count). The maximum absolute atomic E-state index is 11.1. The first-order valence-electron chi connectivity index (χ1n) is 17.1. The number of hydrogen-bond acceptors (Lipinski definition) is 9.